The average molecular weight is 252 g/mol. The lowest BCUT2D eigenvalue weighted by molar-refractivity contribution is 0.0748. The maximum absolute atomic E-state index is 12.2. The van der Waals surface area contributed by atoms with E-state index in [0.717, 1.165) is 12.8 Å². The number of amides is 1. The number of carbonyl (C=O) groups is 1. The Kier molecular flexibility index (Phi) is 3.42. The first-order valence-electron chi connectivity index (χ1n) is 5.66. The number of nitrogens with zero attached hydrogens (tertiary/aromatic N) is 3. The molecule has 0 unspecified atom stereocenters. The lowest BCUT2D eigenvalue weighted by Crippen LogP contribution is -2.35. The molecule has 1 heterocycles. The molecule has 1 saturated carbocycles. The van der Waals surface area contributed by atoms with Crippen LogP contribution < -0.4 is 5.73 Å². The molecule has 1 aliphatic rings. The quantitative estimate of drug-likeness (QED) is 0.784. The molecule has 0 spiro atoms. The van der Waals surface area contributed by atoms with E-state index < -0.39 is 0 Å². The summed E-state index contributed by atoms with van der Waals surface area (Å²) >= 11 is 4.85. The summed E-state index contributed by atoms with van der Waals surface area (Å²) in [5.74, 6) is 0.0249. The van der Waals surface area contributed by atoms with E-state index in [9.17, 15) is 4.79 Å². The van der Waals surface area contributed by atoms with Crippen molar-refractivity contribution in [2.75, 3.05) is 6.54 Å². The van der Waals surface area contributed by atoms with Gasteiger partial charge in [0.25, 0.3) is 5.91 Å². The largest absolute Gasteiger partial charge is 0.393 e. The van der Waals surface area contributed by atoms with E-state index in [1.54, 1.807) is 24.1 Å². The molecule has 17 heavy (non-hydrogen) atoms. The molecule has 1 aromatic heterocycles. The predicted molar refractivity (Wildman–Crippen MR) is 68.7 cm³/mol. The standard InChI is InChI=1S/C11H16N4OS/c1-14-7-8(6-13-14)11(16)15(9-2-3-9)5-4-10(12)17/h6-7,9H,2-5H2,1H3,(H2,12,17). The van der Waals surface area contributed by atoms with Crippen molar-refractivity contribution in [1.29, 1.82) is 0 Å². The Bertz CT molecular complexity index is 438. The van der Waals surface area contributed by atoms with Gasteiger partial charge in [0.15, 0.2) is 0 Å². The number of aromatic nitrogens is 2. The first-order chi connectivity index (χ1) is 8.08. The van der Waals surface area contributed by atoms with Gasteiger partial charge in [-0.25, -0.2) is 0 Å². The van der Waals surface area contributed by atoms with E-state index in [2.05, 4.69) is 5.10 Å². The molecule has 1 aliphatic carbocycles. The lowest BCUT2D eigenvalue weighted by Gasteiger charge is -2.21. The van der Waals surface area contributed by atoms with Crippen molar-refractivity contribution < 1.29 is 4.79 Å². The number of hydrogen-bond acceptors (Lipinski definition) is 3. The van der Waals surface area contributed by atoms with Crippen LogP contribution in [0.5, 0.6) is 0 Å². The van der Waals surface area contributed by atoms with Crippen LogP contribution in [0.25, 0.3) is 0 Å². The number of aryl methyl sites for hydroxylation is 1. The van der Waals surface area contributed by atoms with Gasteiger partial charge in [-0.1, -0.05) is 12.2 Å². The Labute approximate surface area is 106 Å². The molecule has 2 rings (SSSR count). The van der Waals surface area contributed by atoms with Crippen LogP contribution in [0.4, 0.5) is 0 Å². The first-order valence-corrected chi connectivity index (χ1v) is 6.06. The van der Waals surface area contributed by atoms with Crippen molar-refractivity contribution in [3.05, 3.63) is 18.0 Å². The van der Waals surface area contributed by atoms with Crippen molar-refractivity contribution in [1.82, 2.24) is 14.7 Å². The van der Waals surface area contributed by atoms with Gasteiger partial charge in [-0.15, -0.1) is 0 Å². The maximum atomic E-state index is 12.2. The van der Waals surface area contributed by atoms with E-state index in [1.165, 1.54) is 0 Å². The highest BCUT2D eigenvalue weighted by atomic mass is 32.1. The summed E-state index contributed by atoms with van der Waals surface area (Å²) in [6, 6.07) is 0.358. The molecule has 0 saturated heterocycles. The van der Waals surface area contributed by atoms with E-state index >= 15 is 0 Å². The summed E-state index contributed by atoms with van der Waals surface area (Å²) in [6.45, 7) is 0.605. The van der Waals surface area contributed by atoms with E-state index in [1.807, 2.05) is 4.90 Å². The zero-order chi connectivity index (χ0) is 12.4. The molecule has 0 radical (unpaired) electrons. The summed E-state index contributed by atoms with van der Waals surface area (Å²) < 4.78 is 1.63. The average Bonchev–Trinajstić information content (AvgIpc) is 3.00. The van der Waals surface area contributed by atoms with Crippen molar-refractivity contribution in [2.24, 2.45) is 12.8 Å². The van der Waals surface area contributed by atoms with Gasteiger partial charge in [-0.3, -0.25) is 9.48 Å². The molecule has 1 amide bonds. The van der Waals surface area contributed by atoms with Crippen LogP contribution in [0, 0.1) is 0 Å². The smallest absolute Gasteiger partial charge is 0.257 e. The number of nitrogens with two attached hydrogens (primary N) is 1. The molecule has 5 nitrogen and oxygen atoms in total. The van der Waals surface area contributed by atoms with E-state index in [-0.39, 0.29) is 5.91 Å². The minimum atomic E-state index is 0.0249. The lowest BCUT2D eigenvalue weighted by atomic mass is 10.2. The first kappa shape index (κ1) is 12.0. The number of rotatable bonds is 5. The molecule has 0 atom stereocenters. The summed E-state index contributed by atoms with van der Waals surface area (Å²) in [5, 5.41) is 4.01. The fourth-order valence-electron chi connectivity index (χ4n) is 1.76. The van der Waals surface area contributed by atoms with E-state index in [0.29, 0.717) is 29.6 Å². The Balaban J connectivity index is 2.05. The second kappa shape index (κ2) is 4.83. The molecule has 1 aromatic rings. The van der Waals surface area contributed by atoms with Gasteiger partial charge in [0.2, 0.25) is 0 Å². The van der Waals surface area contributed by atoms with Crippen molar-refractivity contribution in [2.45, 2.75) is 25.3 Å². The molecule has 6 heteroatoms. The molecule has 92 valence electrons. The summed E-state index contributed by atoms with van der Waals surface area (Å²) in [7, 11) is 1.80. The number of hydrogen-bond donors (Lipinski definition) is 1. The van der Waals surface area contributed by atoms with Crippen LogP contribution in [-0.2, 0) is 7.05 Å². The van der Waals surface area contributed by atoms with Gasteiger partial charge >= 0.3 is 0 Å². The molecule has 0 aromatic carbocycles. The zero-order valence-electron chi connectivity index (χ0n) is 9.80. The van der Waals surface area contributed by atoms with Gasteiger partial charge in [0.1, 0.15) is 0 Å². The maximum Gasteiger partial charge on any atom is 0.257 e. The van der Waals surface area contributed by atoms with Gasteiger partial charge < -0.3 is 10.6 Å². The van der Waals surface area contributed by atoms with Crippen molar-refractivity contribution in [3.8, 4) is 0 Å². The third kappa shape index (κ3) is 3.03. The third-order valence-electron chi connectivity index (χ3n) is 2.80. The van der Waals surface area contributed by atoms with Gasteiger partial charge in [-0.2, -0.15) is 5.10 Å². The number of carbonyl (C=O) groups excluding carboxylic acids is 1. The molecular formula is C11H16N4OS. The molecular weight excluding hydrogens is 236 g/mol. The van der Waals surface area contributed by atoms with Crippen LogP contribution in [0.3, 0.4) is 0 Å². The molecule has 0 aliphatic heterocycles. The fraction of sp³-hybridized carbons (Fsp3) is 0.545. The SMILES string of the molecule is Cn1cc(C(=O)N(CCC(N)=S)C2CC2)cn1. The van der Waals surface area contributed by atoms with E-state index in [4.69, 9.17) is 18.0 Å². The second-order valence-corrected chi connectivity index (χ2v) is 4.87. The summed E-state index contributed by atoms with van der Waals surface area (Å²) in [6.07, 6.45) is 6.06. The van der Waals surface area contributed by atoms with Gasteiger partial charge in [0, 0.05) is 32.3 Å². The second-order valence-electron chi connectivity index (χ2n) is 4.35. The van der Waals surface area contributed by atoms with Crippen LogP contribution in [-0.4, -0.2) is 38.2 Å². The van der Waals surface area contributed by atoms with Crippen LogP contribution in [0.2, 0.25) is 0 Å². The van der Waals surface area contributed by atoms with Gasteiger partial charge in [-0.05, 0) is 12.8 Å². The highest BCUT2D eigenvalue weighted by molar-refractivity contribution is 7.80. The van der Waals surface area contributed by atoms with Crippen molar-refractivity contribution in [3.63, 3.8) is 0 Å². The minimum absolute atomic E-state index is 0.0249. The minimum Gasteiger partial charge on any atom is -0.393 e. The van der Waals surface area contributed by atoms with Crippen LogP contribution >= 0.6 is 12.2 Å². The van der Waals surface area contributed by atoms with Crippen molar-refractivity contribution >= 4 is 23.1 Å². The Morgan fingerprint density at radius 2 is 2.41 bits per heavy atom. The fourth-order valence-corrected chi connectivity index (χ4v) is 1.86. The van der Waals surface area contributed by atoms with Crippen LogP contribution in [0.15, 0.2) is 12.4 Å². The Morgan fingerprint density at radius 3 is 2.88 bits per heavy atom. The molecule has 2 N–H and O–H groups in total. The number of thiocarbonyl (C=S) groups is 1. The molecule has 0 bridgehead atoms. The summed E-state index contributed by atoms with van der Waals surface area (Å²) in [5.41, 5.74) is 6.11. The molecule has 1 fully saturated rings. The third-order valence-corrected chi connectivity index (χ3v) is 3.00. The monoisotopic (exact) mass is 252 g/mol. The zero-order valence-corrected chi connectivity index (χ0v) is 10.6. The highest BCUT2D eigenvalue weighted by Crippen LogP contribution is 2.28. The Hall–Kier alpha value is -1.43. The van der Waals surface area contributed by atoms with Gasteiger partial charge in [0.05, 0.1) is 16.7 Å². The van der Waals surface area contributed by atoms with Crippen LogP contribution in [0.1, 0.15) is 29.6 Å². The topological polar surface area (TPSA) is 64.2 Å². The Morgan fingerprint density at radius 1 is 1.71 bits per heavy atom. The predicted octanol–water partition coefficient (Wildman–Crippen LogP) is 0.701. The normalized spacial score (nSPS) is 14.6. The summed E-state index contributed by atoms with van der Waals surface area (Å²) in [4.78, 5) is 14.6. The highest BCUT2D eigenvalue weighted by Gasteiger charge is 2.33.